The number of pyridine rings is 1. The molecule has 0 aromatic carbocycles. The van der Waals surface area contributed by atoms with Gasteiger partial charge in [0.25, 0.3) is 0 Å². The van der Waals surface area contributed by atoms with Crippen LogP contribution in [0.15, 0.2) is 24.7 Å². The molecule has 3 heterocycles. The number of amides is 2. The van der Waals surface area contributed by atoms with Gasteiger partial charge in [-0.25, -0.2) is 0 Å². The molecule has 1 fully saturated rings. The van der Waals surface area contributed by atoms with Crippen molar-refractivity contribution in [2.24, 2.45) is 5.92 Å². The molecular formula is C21H27N3O3. The third-order valence-corrected chi connectivity index (χ3v) is 5.25. The molecule has 2 amide bonds. The third-order valence-electron chi connectivity index (χ3n) is 5.25. The van der Waals surface area contributed by atoms with Crippen molar-refractivity contribution in [3.05, 3.63) is 30.2 Å². The highest BCUT2D eigenvalue weighted by atomic mass is 16.2. The molecule has 3 rings (SSSR count). The van der Waals surface area contributed by atoms with Gasteiger partial charge >= 0.3 is 0 Å². The molecule has 3 aliphatic rings. The number of ketones is 1. The summed E-state index contributed by atoms with van der Waals surface area (Å²) in [5.41, 5.74) is 2.00. The van der Waals surface area contributed by atoms with Crippen LogP contribution in [0, 0.1) is 5.92 Å². The minimum atomic E-state index is -0.222. The number of hydrogen-bond acceptors (Lipinski definition) is 4. The zero-order chi connectivity index (χ0) is 19.4. The molecule has 0 aromatic rings. The van der Waals surface area contributed by atoms with Gasteiger partial charge in [-0.05, 0) is 18.9 Å². The van der Waals surface area contributed by atoms with Gasteiger partial charge in [-0.3, -0.25) is 24.0 Å². The van der Waals surface area contributed by atoms with E-state index in [9.17, 15) is 14.4 Å². The van der Waals surface area contributed by atoms with Crippen LogP contribution in [0.4, 0.5) is 0 Å². The molecule has 0 spiro atoms. The van der Waals surface area contributed by atoms with Gasteiger partial charge in [-0.15, -0.1) is 0 Å². The normalized spacial score (nSPS) is 14.7. The Morgan fingerprint density at radius 1 is 1.11 bits per heavy atom. The number of aromatic nitrogens is 2. The smallest absolute Gasteiger partial charge is 0.249 e. The van der Waals surface area contributed by atoms with Crippen LogP contribution in [0.2, 0.25) is 0 Å². The molecule has 144 valence electrons. The molecule has 0 N–H and O–H groups in total. The van der Waals surface area contributed by atoms with Gasteiger partial charge in [0.15, 0.2) is 5.78 Å². The van der Waals surface area contributed by atoms with Crippen LogP contribution in [-0.2, 0) is 9.59 Å². The van der Waals surface area contributed by atoms with E-state index in [1.807, 2.05) is 0 Å². The lowest BCUT2D eigenvalue weighted by molar-refractivity contribution is -0.123. The Morgan fingerprint density at radius 2 is 1.74 bits per heavy atom. The van der Waals surface area contributed by atoms with Gasteiger partial charge in [0.1, 0.15) is 0 Å². The molecule has 3 aliphatic heterocycles. The van der Waals surface area contributed by atoms with E-state index in [0.717, 1.165) is 43.5 Å². The fraction of sp³-hybridized carbons (Fsp3) is 0.524. The van der Waals surface area contributed by atoms with Gasteiger partial charge in [0.2, 0.25) is 11.8 Å². The van der Waals surface area contributed by atoms with Gasteiger partial charge in [-0.2, -0.15) is 5.01 Å². The van der Waals surface area contributed by atoms with Crippen molar-refractivity contribution in [2.75, 3.05) is 5.01 Å². The van der Waals surface area contributed by atoms with Crippen LogP contribution in [0.25, 0.3) is 11.3 Å². The first-order valence-corrected chi connectivity index (χ1v) is 9.93. The molecule has 0 atom stereocenters. The fourth-order valence-electron chi connectivity index (χ4n) is 3.67. The summed E-state index contributed by atoms with van der Waals surface area (Å²) in [6.07, 6.45) is 11.4. The number of hydrogen-bond donors (Lipinski definition) is 0. The van der Waals surface area contributed by atoms with Gasteiger partial charge in [0.05, 0.1) is 5.69 Å². The largest absolute Gasteiger partial charge is 0.294 e. The van der Waals surface area contributed by atoms with E-state index in [1.54, 1.807) is 24.7 Å². The first-order chi connectivity index (χ1) is 13.1. The van der Waals surface area contributed by atoms with E-state index >= 15 is 0 Å². The highest BCUT2D eigenvalue weighted by molar-refractivity contribution is 6.14. The minimum absolute atomic E-state index is 0.000932. The minimum Gasteiger partial charge on any atom is -0.294 e. The predicted molar refractivity (Wildman–Crippen MR) is 103 cm³/mol. The highest BCUT2D eigenvalue weighted by Crippen LogP contribution is 2.30. The van der Waals surface area contributed by atoms with E-state index in [0.29, 0.717) is 16.8 Å². The molecular weight excluding hydrogens is 342 g/mol. The van der Waals surface area contributed by atoms with Crippen LogP contribution in [-0.4, -0.2) is 27.3 Å². The van der Waals surface area contributed by atoms with Crippen molar-refractivity contribution in [1.82, 2.24) is 9.66 Å². The zero-order valence-electron chi connectivity index (χ0n) is 16.1. The number of unbranched alkanes of at least 4 members (excludes halogenated alkanes) is 2. The van der Waals surface area contributed by atoms with Crippen LogP contribution < -0.4 is 5.01 Å². The van der Waals surface area contributed by atoms with E-state index in [1.165, 1.54) is 4.68 Å². The molecule has 6 heteroatoms. The van der Waals surface area contributed by atoms with Crippen molar-refractivity contribution < 1.29 is 14.4 Å². The summed E-state index contributed by atoms with van der Waals surface area (Å²) in [5, 5.41) is 1.15. The summed E-state index contributed by atoms with van der Waals surface area (Å²) in [5.74, 6) is -0.321. The molecule has 6 nitrogen and oxygen atoms in total. The first kappa shape index (κ1) is 19.3. The molecule has 27 heavy (non-hydrogen) atoms. The van der Waals surface area contributed by atoms with Crippen LogP contribution in [0.1, 0.15) is 75.6 Å². The molecule has 0 saturated carbocycles. The Balaban J connectivity index is 1.92. The first-order valence-electron chi connectivity index (χ1n) is 9.93. The quantitative estimate of drug-likeness (QED) is 0.495. The second-order valence-corrected chi connectivity index (χ2v) is 7.24. The summed E-state index contributed by atoms with van der Waals surface area (Å²) < 4.78 is 1.49. The standard InChI is InChI=1S/C21H27N3O3/c1-3-5-7-15(8-6-4-2)21(27)16-13-22-18-11-12-23(14-17(16)18)24-19(25)9-10-20(24)26/h11-15H,3-10H2,1-2H3. The monoisotopic (exact) mass is 369 g/mol. The van der Waals surface area contributed by atoms with E-state index in [4.69, 9.17) is 0 Å². The van der Waals surface area contributed by atoms with Crippen LogP contribution in [0.3, 0.4) is 0 Å². The number of carbonyl (C=O) groups is 3. The Kier molecular flexibility index (Phi) is 6.04. The summed E-state index contributed by atoms with van der Waals surface area (Å²) in [6.45, 7) is 4.27. The number of imide groups is 1. The zero-order valence-corrected chi connectivity index (χ0v) is 16.1. The lowest BCUT2D eigenvalue weighted by Crippen LogP contribution is -2.39. The van der Waals surface area contributed by atoms with Crippen molar-refractivity contribution in [3.8, 4) is 11.3 Å². The van der Waals surface area contributed by atoms with Gasteiger partial charge in [0, 0.05) is 48.5 Å². The topological polar surface area (TPSA) is 72.3 Å². The number of carbonyl (C=O) groups excluding carboxylic acids is 3. The lowest BCUT2D eigenvalue weighted by atomic mass is 9.88. The van der Waals surface area contributed by atoms with Crippen LogP contribution in [0.5, 0.6) is 0 Å². The molecule has 0 bridgehead atoms. The van der Waals surface area contributed by atoms with Gasteiger partial charge in [-0.1, -0.05) is 39.5 Å². The second kappa shape index (κ2) is 8.46. The highest BCUT2D eigenvalue weighted by Gasteiger charge is 2.31. The number of nitrogens with zero attached hydrogens (tertiary/aromatic N) is 3. The van der Waals surface area contributed by atoms with E-state index in [-0.39, 0.29) is 36.4 Å². The lowest BCUT2D eigenvalue weighted by Gasteiger charge is -2.19. The Labute approximate surface area is 159 Å². The summed E-state index contributed by atoms with van der Waals surface area (Å²) in [6, 6.07) is 1.75. The van der Waals surface area contributed by atoms with E-state index < -0.39 is 0 Å². The summed E-state index contributed by atoms with van der Waals surface area (Å²) in [4.78, 5) is 41.6. The average molecular weight is 369 g/mol. The second-order valence-electron chi connectivity index (χ2n) is 7.24. The number of rotatable bonds is 9. The maximum atomic E-state index is 13.2. The van der Waals surface area contributed by atoms with Gasteiger partial charge < -0.3 is 0 Å². The van der Waals surface area contributed by atoms with Crippen molar-refractivity contribution in [1.29, 1.82) is 0 Å². The molecule has 0 unspecified atom stereocenters. The Morgan fingerprint density at radius 3 is 2.33 bits per heavy atom. The van der Waals surface area contributed by atoms with Crippen molar-refractivity contribution in [2.45, 2.75) is 65.2 Å². The summed E-state index contributed by atoms with van der Waals surface area (Å²) >= 11 is 0. The van der Waals surface area contributed by atoms with Crippen molar-refractivity contribution >= 4 is 17.6 Å². The maximum Gasteiger partial charge on any atom is 0.249 e. The predicted octanol–water partition coefficient (Wildman–Crippen LogP) is 3.95. The molecule has 0 aromatic heterocycles. The summed E-state index contributed by atoms with van der Waals surface area (Å²) in [7, 11) is 0. The van der Waals surface area contributed by atoms with Crippen LogP contribution >= 0.6 is 0 Å². The number of fused-ring (bicyclic) bond motifs is 1. The number of Topliss-reactive ketones (excluding diaryl/α,β-unsaturated/α-hetero) is 1. The third kappa shape index (κ3) is 3.94. The Bertz CT molecular complexity index is 787. The Hall–Kier alpha value is -2.50. The fourth-order valence-corrected chi connectivity index (χ4v) is 3.67. The SMILES string of the molecule is CCCCC(CCCC)C(=O)c1cnc2ccn(N3C(=O)CCC3=O)cc1-2. The molecule has 0 radical (unpaired) electrons. The average Bonchev–Trinajstić information content (AvgIpc) is 3.23. The molecule has 1 saturated heterocycles. The van der Waals surface area contributed by atoms with E-state index in [2.05, 4.69) is 18.8 Å². The van der Waals surface area contributed by atoms with Crippen molar-refractivity contribution in [3.63, 3.8) is 0 Å². The maximum absolute atomic E-state index is 13.2. The molecule has 0 aliphatic carbocycles.